The number of fused-ring (bicyclic) bond motifs is 3. The van der Waals surface area contributed by atoms with Crippen LogP contribution in [0.5, 0.6) is 5.75 Å². The van der Waals surface area contributed by atoms with E-state index in [1.165, 1.54) is 4.90 Å². The lowest BCUT2D eigenvalue weighted by molar-refractivity contribution is -0.153. The summed E-state index contributed by atoms with van der Waals surface area (Å²) in [7, 11) is 6.89. The minimum atomic E-state index is -2.64. The van der Waals surface area contributed by atoms with Gasteiger partial charge in [0.1, 0.15) is 22.8 Å². The van der Waals surface area contributed by atoms with Gasteiger partial charge in [-0.2, -0.15) is 0 Å². The number of primary amides is 1. The number of carbonyl (C=O) groups excluding carboxylic acids is 3. The van der Waals surface area contributed by atoms with Gasteiger partial charge >= 0.3 is 0 Å². The molecule has 4 aliphatic rings. The average Bonchev–Trinajstić information content (AvgIpc) is 3.35. The van der Waals surface area contributed by atoms with E-state index in [4.69, 9.17) is 5.73 Å². The summed E-state index contributed by atoms with van der Waals surface area (Å²) in [5, 5.41) is 45.7. The summed E-state index contributed by atoms with van der Waals surface area (Å²) < 4.78 is 0. The van der Waals surface area contributed by atoms with Crippen molar-refractivity contribution in [1.29, 1.82) is 0 Å². The van der Waals surface area contributed by atoms with Crippen molar-refractivity contribution in [2.45, 2.75) is 51.3 Å². The number of likely N-dealkylation sites (N-methyl/N-ethyl adjacent to an activating group) is 1. The highest BCUT2D eigenvalue weighted by molar-refractivity contribution is 6.24. The predicted molar refractivity (Wildman–Crippen MR) is 150 cm³/mol. The van der Waals surface area contributed by atoms with Gasteiger partial charge in [-0.1, -0.05) is 7.43 Å². The van der Waals surface area contributed by atoms with Crippen molar-refractivity contribution in [3.05, 3.63) is 39.7 Å². The maximum Gasteiger partial charge on any atom is 0.255 e. The van der Waals surface area contributed by atoms with E-state index in [1.807, 2.05) is 25.1 Å². The van der Waals surface area contributed by atoms with Crippen LogP contribution < -0.4 is 10.6 Å². The molecule has 1 aliphatic heterocycles. The number of rotatable bonds is 5. The first-order chi connectivity index (χ1) is 18.3. The minimum absolute atomic E-state index is 0. The Labute approximate surface area is 234 Å². The number of ketones is 2. The van der Waals surface area contributed by atoms with Gasteiger partial charge in [0.25, 0.3) is 5.91 Å². The number of phenols is 1. The molecular formula is C29H40N4O7. The van der Waals surface area contributed by atoms with E-state index in [9.17, 15) is 34.8 Å². The van der Waals surface area contributed by atoms with Crippen LogP contribution in [0.1, 0.15) is 43.4 Å². The van der Waals surface area contributed by atoms with Gasteiger partial charge < -0.3 is 31.1 Å². The Morgan fingerprint density at radius 3 is 2.30 bits per heavy atom. The Morgan fingerprint density at radius 1 is 1.12 bits per heavy atom. The number of nitrogens with zero attached hydrogens (tertiary/aromatic N) is 3. The Balaban J connectivity index is 0.00000370. The fraction of sp³-hybridized carbons (Fsp3) is 0.552. The molecule has 1 saturated heterocycles. The largest absolute Gasteiger partial charge is 0.508 e. The molecule has 3 aliphatic carbocycles. The highest BCUT2D eigenvalue weighted by Crippen LogP contribution is 2.54. The molecule has 0 aromatic heterocycles. The van der Waals surface area contributed by atoms with Gasteiger partial charge in [0.2, 0.25) is 5.78 Å². The van der Waals surface area contributed by atoms with Crippen LogP contribution in [0.2, 0.25) is 0 Å². The molecule has 1 saturated carbocycles. The fourth-order valence-corrected chi connectivity index (χ4v) is 7.05. The molecule has 0 bridgehead atoms. The summed E-state index contributed by atoms with van der Waals surface area (Å²) >= 11 is 0. The number of benzene rings is 1. The number of amides is 1. The van der Waals surface area contributed by atoms with E-state index in [0.29, 0.717) is 17.7 Å². The smallest absolute Gasteiger partial charge is 0.255 e. The van der Waals surface area contributed by atoms with Gasteiger partial charge in [0.15, 0.2) is 11.4 Å². The first-order valence-electron chi connectivity index (χ1n) is 13.2. The molecule has 1 amide bonds. The van der Waals surface area contributed by atoms with E-state index in [2.05, 4.69) is 4.90 Å². The van der Waals surface area contributed by atoms with E-state index < -0.39 is 58.0 Å². The van der Waals surface area contributed by atoms with Crippen LogP contribution in [-0.4, -0.2) is 101 Å². The first-order valence-corrected chi connectivity index (χ1v) is 13.2. The quantitative estimate of drug-likeness (QED) is 0.333. The first kappa shape index (κ1) is 29.6. The zero-order valence-electron chi connectivity index (χ0n) is 22.7. The van der Waals surface area contributed by atoms with Gasteiger partial charge in [-0.3, -0.25) is 24.2 Å². The highest BCUT2D eigenvalue weighted by atomic mass is 16.3. The van der Waals surface area contributed by atoms with E-state index in [0.717, 1.165) is 31.6 Å². The number of anilines is 1. The Bertz CT molecular complexity index is 1340. The number of phenolic OH excluding ortho intramolecular Hbond substituents is 1. The van der Waals surface area contributed by atoms with Crippen molar-refractivity contribution in [2.24, 2.45) is 17.6 Å². The van der Waals surface area contributed by atoms with Crippen LogP contribution in [0.15, 0.2) is 23.0 Å². The molecular weight excluding hydrogens is 516 g/mol. The molecule has 1 aromatic carbocycles. The maximum absolute atomic E-state index is 14.0. The molecule has 4 atom stereocenters. The number of likely N-dealkylation sites (tertiary alicyclic amines) is 1. The topological polar surface area (TPSA) is 168 Å². The zero-order chi connectivity index (χ0) is 28.5. The molecule has 40 heavy (non-hydrogen) atoms. The molecule has 11 heteroatoms. The third-order valence-corrected chi connectivity index (χ3v) is 8.85. The third-order valence-electron chi connectivity index (χ3n) is 8.85. The van der Waals surface area contributed by atoms with Crippen molar-refractivity contribution in [3.63, 3.8) is 0 Å². The van der Waals surface area contributed by atoms with Crippen molar-refractivity contribution in [2.75, 3.05) is 46.2 Å². The van der Waals surface area contributed by atoms with Crippen LogP contribution >= 0.6 is 0 Å². The number of Topliss-reactive ketones (excluding diaryl/α,β-unsaturated/α-hetero) is 2. The van der Waals surface area contributed by atoms with Crippen molar-refractivity contribution in [1.82, 2.24) is 9.80 Å². The Morgan fingerprint density at radius 2 is 1.75 bits per heavy atom. The highest BCUT2D eigenvalue weighted by Gasteiger charge is 2.64. The van der Waals surface area contributed by atoms with Crippen LogP contribution in [0.4, 0.5) is 5.69 Å². The maximum atomic E-state index is 14.0. The normalized spacial score (nSPS) is 28.3. The van der Waals surface area contributed by atoms with Crippen molar-refractivity contribution < 1.29 is 34.8 Å². The standard InChI is InChI=1S/C28H36N4O7.CH4/c1-30(2)17-11-14(12-32-7-5-6-8-32)22(33)19-15(17)9-13-10-16-21(31(3)4)24(35)20(27(29)38)26(37)28(16,39)25(36)18(13)23(19)34;/h11,13,16,21,33-34,37,39H,5-10,12H2,1-4H3,(H2,29,38);1H4/t13-,16-,21?,28-;/m0./s1. The second-order valence-electron chi connectivity index (χ2n) is 11.6. The molecule has 218 valence electrons. The van der Waals surface area contributed by atoms with Gasteiger partial charge in [0, 0.05) is 43.4 Å². The van der Waals surface area contributed by atoms with Crippen LogP contribution in [-0.2, 0) is 27.3 Å². The lowest BCUT2D eigenvalue weighted by Gasteiger charge is -2.50. The number of hydrogen-bond acceptors (Lipinski definition) is 10. The molecule has 2 fully saturated rings. The Kier molecular flexibility index (Phi) is 7.55. The van der Waals surface area contributed by atoms with Gasteiger partial charge in [0.05, 0.1) is 11.6 Å². The summed E-state index contributed by atoms with van der Waals surface area (Å²) in [6, 6.07) is 0.804. The summed E-state index contributed by atoms with van der Waals surface area (Å²) in [6.07, 6.45) is 2.46. The fourth-order valence-electron chi connectivity index (χ4n) is 7.05. The lowest BCUT2D eigenvalue weighted by atomic mass is 9.57. The molecule has 1 heterocycles. The molecule has 1 aromatic rings. The van der Waals surface area contributed by atoms with E-state index in [-0.39, 0.29) is 37.2 Å². The number of nitrogens with two attached hydrogens (primary N) is 1. The second kappa shape index (κ2) is 10.2. The average molecular weight is 557 g/mol. The number of hydrogen-bond donors (Lipinski definition) is 5. The van der Waals surface area contributed by atoms with Crippen LogP contribution in [0.3, 0.4) is 0 Å². The molecule has 1 unspecified atom stereocenters. The van der Waals surface area contributed by atoms with Gasteiger partial charge in [-0.05, 0) is 70.4 Å². The van der Waals surface area contributed by atoms with Gasteiger partial charge in [-0.25, -0.2) is 0 Å². The van der Waals surface area contributed by atoms with Gasteiger partial charge in [-0.15, -0.1) is 0 Å². The third kappa shape index (κ3) is 4.10. The predicted octanol–water partition coefficient (Wildman–Crippen LogP) is 1.26. The molecule has 11 nitrogen and oxygen atoms in total. The van der Waals surface area contributed by atoms with Crippen molar-refractivity contribution >= 4 is 28.9 Å². The molecule has 6 N–H and O–H groups in total. The minimum Gasteiger partial charge on any atom is -0.508 e. The van der Waals surface area contributed by atoms with Crippen LogP contribution in [0, 0.1) is 11.8 Å². The summed E-state index contributed by atoms with van der Waals surface area (Å²) in [6.45, 7) is 2.27. The second-order valence-corrected chi connectivity index (χ2v) is 11.6. The van der Waals surface area contributed by atoms with Crippen LogP contribution in [0.25, 0.3) is 5.76 Å². The molecule has 0 spiro atoms. The van der Waals surface area contributed by atoms with E-state index >= 15 is 0 Å². The molecule has 5 rings (SSSR count). The summed E-state index contributed by atoms with van der Waals surface area (Å²) in [5.74, 6) is -6.39. The molecule has 0 radical (unpaired) electrons. The summed E-state index contributed by atoms with van der Waals surface area (Å²) in [4.78, 5) is 45.0. The number of aliphatic hydroxyl groups excluding tert-OH is 2. The zero-order valence-corrected chi connectivity index (χ0v) is 22.7. The SMILES string of the molecule is C.CN(C)c1cc(CN2CCCC2)c(O)c2c1C[C@H]1C[C@H]3C(N(C)C)C(=O)C(C(N)=O)=C(O)[C@@]3(O)C(=O)C1=C2O. The monoisotopic (exact) mass is 556 g/mol. The summed E-state index contributed by atoms with van der Waals surface area (Å²) in [5.41, 5.74) is 3.98. The lowest BCUT2D eigenvalue weighted by Crippen LogP contribution is -2.65. The Hall–Kier alpha value is -3.41. The van der Waals surface area contributed by atoms with E-state index in [1.54, 1.807) is 14.1 Å². The number of aromatic hydroxyl groups is 1. The number of carbonyl (C=O) groups is 3. The van der Waals surface area contributed by atoms with Crippen molar-refractivity contribution in [3.8, 4) is 5.75 Å². The number of aliphatic hydroxyl groups is 3.